The van der Waals surface area contributed by atoms with Crippen LogP contribution < -0.4 is 0 Å². The largest absolute Gasteiger partial charge is 0.334 e. The van der Waals surface area contributed by atoms with Crippen molar-refractivity contribution in [1.82, 2.24) is 19.9 Å². The van der Waals surface area contributed by atoms with E-state index in [1.165, 1.54) is 5.56 Å². The summed E-state index contributed by atoms with van der Waals surface area (Å²) in [5.74, 6) is 0.0351. The second kappa shape index (κ2) is 8.05. The van der Waals surface area contributed by atoms with Crippen molar-refractivity contribution in [3.05, 3.63) is 93.5 Å². The average Bonchev–Trinajstić information content (AvgIpc) is 3.46. The third-order valence-corrected chi connectivity index (χ3v) is 6.61. The lowest BCUT2D eigenvalue weighted by atomic mass is 9.99. The average molecular weight is 435 g/mol. The number of thiophene rings is 1. The van der Waals surface area contributed by atoms with Gasteiger partial charge in [-0.3, -0.25) is 4.79 Å². The van der Waals surface area contributed by atoms with Crippen molar-refractivity contribution in [1.29, 1.82) is 0 Å². The number of halogens is 1. The summed E-state index contributed by atoms with van der Waals surface area (Å²) >= 11 is 7.98. The van der Waals surface area contributed by atoms with E-state index in [0.29, 0.717) is 25.2 Å². The zero-order valence-electron chi connectivity index (χ0n) is 16.2. The predicted molar refractivity (Wildman–Crippen MR) is 119 cm³/mol. The monoisotopic (exact) mass is 434 g/mol. The summed E-state index contributed by atoms with van der Waals surface area (Å²) in [7, 11) is 0. The molecule has 7 heteroatoms. The lowest BCUT2D eigenvalue weighted by Gasteiger charge is -2.29. The summed E-state index contributed by atoms with van der Waals surface area (Å²) in [4.78, 5) is 16.0. The molecule has 0 aliphatic carbocycles. The van der Waals surface area contributed by atoms with Crippen LogP contribution in [0.3, 0.4) is 0 Å². The van der Waals surface area contributed by atoms with E-state index >= 15 is 0 Å². The Morgan fingerprint density at radius 2 is 1.97 bits per heavy atom. The van der Waals surface area contributed by atoms with Crippen LogP contribution in [0.25, 0.3) is 10.6 Å². The summed E-state index contributed by atoms with van der Waals surface area (Å²) in [5.41, 5.74) is 4.92. The number of nitrogens with zero attached hydrogens (tertiary/aromatic N) is 4. The second-order valence-corrected chi connectivity index (χ2v) is 8.68. The van der Waals surface area contributed by atoms with Gasteiger partial charge in [0.1, 0.15) is 5.69 Å². The molecule has 2 aromatic heterocycles. The first-order valence-electron chi connectivity index (χ1n) is 9.76. The topological polar surface area (TPSA) is 51.0 Å². The molecule has 5 nitrogen and oxygen atoms in total. The number of carbonyl (C=O) groups excluding carboxylic acids is 1. The minimum atomic E-state index is 0.0351. The molecule has 0 radical (unpaired) electrons. The van der Waals surface area contributed by atoms with Gasteiger partial charge in [-0.2, -0.15) is 0 Å². The Kier molecular flexibility index (Phi) is 5.11. The molecular formula is C23H19ClN4OS. The van der Waals surface area contributed by atoms with E-state index in [-0.39, 0.29) is 5.91 Å². The summed E-state index contributed by atoms with van der Waals surface area (Å²) in [6.45, 7) is 1.87. The number of amides is 1. The van der Waals surface area contributed by atoms with Gasteiger partial charge >= 0.3 is 0 Å². The molecule has 4 aromatic rings. The highest BCUT2D eigenvalue weighted by atomic mass is 35.5. The molecule has 0 bridgehead atoms. The van der Waals surface area contributed by atoms with E-state index in [1.807, 2.05) is 69.7 Å². The number of fused-ring (bicyclic) bond motifs is 1. The zero-order valence-corrected chi connectivity index (χ0v) is 17.7. The third-order valence-electron chi connectivity index (χ3n) is 5.36. The quantitative estimate of drug-likeness (QED) is 0.458. The molecule has 1 amide bonds. The Bertz CT molecular complexity index is 1180. The fourth-order valence-electron chi connectivity index (χ4n) is 3.75. The number of aromatic nitrogens is 3. The lowest BCUT2D eigenvalue weighted by molar-refractivity contribution is 0.0735. The molecule has 0 fully saturated rings. The van der Waals surface area contributed by atoms with Crippen LogP contribution in [0.4, 0.5) is 0 Å². The Labute approximate surface area is 183 Å². The van der Waals surface area contributed by atoms with Crippen LogP contribution in [0.15, 0.2) is 66.2 Å². The highest BCUT2D eigenvalue weighted by molar-refractivity contribution is 7.13. The van der Waals surface area contributed by atoms with Crippen molar-refractivity contribution in [3.8, 4) is 10.6 Å². The van der Waals surface area contributed by atoms with E-state index in [9.17, 15) is 4.79 Å². The molecule has 0 unspecified atom stereocenters. The van der Waals surface area contributed by atoms with Gasteiger partial charge in [-0.25, -0.2) is 4.68 Å². The number of hydrogen-bond acceptors (Lipinski definition) is 4. The van der Waals surface area contributed by atoms with Gasteiger partial charge in [0, 0.05) is 23.7 Å². The second-order valence-electron chi connectivity index (χ2n) is 7.33. The Morgan fingerprint density at radius 3 is 2.77 bits per heavy atom. The van der Waals surface area contributed by atoms with E-state index < -0.39 is 0 Å². The van der Waals surface area contributed by atoms with Gasteiger partial charge in [0.05, 0.1) is 17.6 Å². The minimum absolute atomic E-state index is 0.0351. The fourth-order valence-corrected chi connectivity index (χ4v) is 4.68. The molecule has 0 atom stereocenters. The van der Waals surface area contributed by atoms with Gasteiger partial charge in [-0.15, -0.1) is 16.4 Å². The van der Waals surface area contributed by atoms with Crippen molar-refractivity contribution >= 4 is 28.8 Å². The van der Waals surface area contributed by atoms with Crippen LogP contribution in [0.5, 0.6) is 0 Å². The van der Waals surface area contributed by atoms with E-state index in [2.05, 4.69) is 16.4 Å². The predicted octanol–water partition coefficient (Wildman–Crippen LogP) is 4.91. The van der Waals surface area contributed by atoms with Crippen LogP contribution in [-0.2, 0) is 19.5 Å². The maximum Gasteiger partial charge on any atom is 0.254 e. The molecule has 3 heterocycles. The van der Waals surface area contributed by atoms with Crippen molar-refractivity contribution in [3.63, 3.8) is 0 Å². The van der Waals surface area contributed by atoms with Gasteiger partial charge in [-0.05, 0) is 52.8 Å². The molecule has 2 aromatic carbocycles. The summed E-state index contributed by atoms with van der Waals surface area (Å²) in [5, 5.41) is 11.2. The van der Waals surface area contributed by atoms with E-state index in [0.717, 1.165) is 33.1 Å². The highest BCUT2D eigenvalue weighted by Crippen LogP contribution is 2.27. The maximum atomic E-state index is 13.0. The third kappa shape index (κ3) is 3.76. The summed E-state index contributed by atoms with van der Waals surface area (Å²) < 4.78 is 1.81. The van der Waals surface area contributed by atoms with Crippen LogP contribution in [0.1, 0.15) is 27.0 Å². The molecule has 0 saturated carbocycles. The van der Waals surface area contributed by atoms with Gasteiger partial charge < -0.3 is 4.90 Å². The zero-order chi connectivity index (χ0) is 20.5. The highest BCUT2D eigenvalue weighted by Gasteiger charge is 2.23. The molecule has 1 aliphatic rings. The standard InChI is InChI=1S/C23H19ClN4OS/c24-20-4-1-3-17-10-11-27(14-19(17)20)23(29)18-8-6-16(7-9-18)13-28-15-21(25-26-28)22-5-2-12-30-22/h1-9,12,15H,10-11,13-14H2. The molecule has 0 saturated heterocycles. The van der Waals surface area contributed by atoms with Crippen molar-refractivity contribution in [2.45, 2.75) is 19.5 Å². The maximum absolute atomic E-state index is 13.0. The first-order valence-corrected chi connectivity index (χ1v) is 11.0. The van der Waals surface area contributed by atoms with E-state index in [1.54, 1.807) is 11.3 Å². The summed E-state index contributed by atoms with van der Waals surface area (Å²) in [6, 6.07) is 17.7. The molecule has 0 spiro atoms. The van der Waals surface area contributed by atoms with Crippen molar-refractivity contribution < 1.29 is 4.79 Å². The Morgan fingerprint density at radius 1 is 1.10 bits per heavy atom. The first kappa shape index (κ1) is 19.0. The van der Waals surface area contributed by atoms with Crippen LogP contribution >= 0.6 is 22.9 Å². The van der Waals surface area contributed by atoms with Gasteiger partial charge in [0.15, 0.2) is 0 Å². The molecule has 5 rings (SSSR count). The SMILES string of the molecule is O=C(c1ccc(Cn2cc(-c3cccs3)nn2)cc1)N1CCc2cccc(Cl)c2C1. The smallest absolute Gasteiger partial charge is 0.254 e. The van der Waals surface area contributed by atoms with Crippen LogP contribution in [0, 0.1) is 0 Å². The molecule has 30 heavy (non-hydrogen) atoms. The first-order chi connectivity index (χ1) is 14.7. The molecule has 0 N–H and O–H groups in total. The number of hydrogen-bond donors (Lipinski definition) is 0. The summed E-state index contributed by atoms with van der Waals surface area (Å²) in [6.07, 6.45) is 2.78. The van der Waals surface area contributed by atoms with Gasteiger partial charge in [0.25, 0.3) is 5.91 Å². The minimum Gasteiger partial charge on any atom is -0.334 e. The number of carbonyl (C=O) groups is 1. The van der Waals surface area contributed by atoms with Crippen molar-refractivity contribution in [2.24, 2.45) is 0 Å². The van der Waals surface area contributed by atoms with Crippen LogP contribution in [0.2, 0.25) is 5.02 Å². The fraction of sp³-hybridized carbons (Fsp3) is 0.174. The molecule has 1 aliphatic heterocycles. The number of rotatable bonds is 4. The number of benzene rings is 2. The van der Waals surface area contributed by atoms with Gasteiger partial charge in [-0.1, -0.05) is 47.1 Å². The molecule has 150 valence electrons. The lowest BCUT2D eigenvalue weighted by Crippen LogP contribution is -2.36. The van der Waals surface area contributed by atoms with Gasteiger partial charge in [0.2, 0.25) is 0 Å². The van der Waals surface area contributed by atoms with E-state index in [4.69, 9.17) is 11.6 Å². The van der Waals surface area contributed by atoms with Crippen LogP contribution in [-0.4, -0.2) is 32.3 Å². The Balaban J connectivity index is 1.27. The molecular weight excluding hydrogens is 416 g/mol. The normalized spacial score (nSPS) is 13.3. The Hall–Kier alpha value is -2.96. The van der Waals surface area contributed by atoms with Crippen molar-refractivity contribution in [2.75, 3.05) is 6.54 Å².